The molecule has 0 saturated heterocycles. The minimum Gasteiger partial charge on any atom is -0.384 e. The summed E-state index contributed by atoms with van der Waals surface area (Å²) in [5.41, 5.74) is -0.553. The number of hydrogen-bond donors (Lipinski definition) is 1. The van der Waals surface area contributed by atoms with Crippen LogP contribution in [-0.2, 0) is 9.59 Å². The van der Waals surface area contributed by atoms with Gasteiger partial charge in [0.2, 0.25) is 5.78 Å². The molecule has 0 aromatic carbocycles. The minimum absolute atomic E-state index is 0.553. The molecule has 0 aliphatic rings. The van der Waals surface area contributed by atoms with E-state index in [1.807, 2.05) is 0 Å². The Morgan fingerprint density at radius 3 is 1.73 bits per heavy atom. The lowest BCUT2D eigenvalue weighted by molar-refractivity contribution is -0.144. The average Bonchev–Trinajstić information content (AvgIpc) is 1.82. The van der Waals surface area contributed by atoms with Gasteiger partial charge in [-0.2, -0.15) is 0 Å². The van der Waals surface area contributed by atoms with Gasteiger partial charge in [0.15, 0.2) is 5.78 Å². The van der Waals surface area contributed by atoms with Crippen molar-refractivity contribution in [3.63, 3.8) is 0 Å². The van der Waals surface area contributed by atoms with Crippen molar-refractivity contribution in [1.82, 2.24) is 0 Å². The van der Waals surface area contributed by atoms with Crippen LogP contribution in [0, 0.1) is 5.41 Å². The Morgan fingerprint density at radius 1 is 1.27 bits per heavy atom. The Balaban J connectivity index is 4.38. The number of carbonyl (C=O) groups excluding carboxylic acids is 2. The van der Waals surface area contributed by atoms with E-state index in [-0.39, 0.29) is 0 Å². The summed E-state index contributed by atoms with van der Waals surface area (Å²) in [5, 5.41) is 9.25. The molecule has 0 radical (unpaired) electrons. The third-order valence-corrected chi connectivity index (χ3v) is 1.42. The van der Waals surface area contributed by atoms with E-state index in [1.165, 1.54) is 0 Å². The summed E-state index contributed by atoms with van der Waals surface area (Å²) < 4.78 is 0. The fourth-order valence-electron chi connectivity index (χ4n) is 0.586. The van der Waals surface area contributed by atoms with E-state index >= 15 is 0 Å². The molecule has 0 spiro atoms. The molecule has 0 aliphatic carbocycles. The SMILES string of the molecule is CC(=O)C(=O)C(O)C(C)(C)C. The van der Waals surface area contributed by atoms with Crippen LogP contribution < -0.4 is 0 Å². The van der Waals surface area contributed by atoms with Crippen molar-refractivity contribution in [1.29, 1.82) is 0 Å². The van der Waals surface area contributed by atoms with Crippen molar-refractivity contribution >= 4 is 11.6 Å². The molecule has 1 atom stereocenters. The van der Waals surface area contributed by atoms with Gasteiger partial charge in [-0.1, -0.05) is 20.8 Å². The Kier molecular flexibility index (Phi) is 2.93. The van der Waals surface area contributed by atoms with Gasteiger partial charge in [-0.15, -0.1) is 0 Å². The molecule has 1 unspecified atom stereocenters. The summed E-state index contributed by atoms with van der Waals surface area (Å²) in [6.07, 6.45) is -1.18. The van der Waals surface area contributed by atoms with Crippen molar-refractivity contribution in [3.8, 4) is 0 Å². The summed E-state index contributed by atoms with van der Waals surface area (Å²) in [7, 11) is 0. The van der Waals surface area contributed by atoms with Gasteiger partial charge in [-0.05, 0) is 5.41 Å². The zero-order valence-corrected chi connectivity index (χ0v) is 7.34. The highest BCUT2D eigenvalue weighted by Gasteiger charge is 2.30. The number of aliphatic hydroxyl groups excluding tert-OH is 1. The number of rotatable bonds is 2. The predicted molar refractivity (Wildman–Crippen MR) is 41.1 cm³/mol. The summed E-state index contributed by atoms with van der Waals surface area (Å²) in [6.45, 7) is 6.28. The van der Waals surface area contributed by atoms with E-state index in [2.05, 4.69) is 0 Å². The van der Waals surface area contributed by atoms with Gasteiger partial charge in [-0.25, -0.2) is 0 Å². The maximum absolute atomic E-state index is 10.9. The standard InChI is InChI=1S/C8H14O3/c1-5(9)6(10)7(11)8(2,3)4/h7,11H,1-4H3. The van der Waals surface area contributed by atoms with Gasteiger partial charge in [0.1, 0.15) is 6.10 Å². The summed E-state index contributed by atoms with van der Waals surface area (Å²) in [6, 6.07) is 0. The van der Waals surface area contributed by atoms with Crippen LogP contribution >= 0.6 is 0 Å². The highest BCUT2D eigenvalue weighted by atomic mass is 16.3. The molecular formula is C8H14O3. The van der Waals surface area contributed by atoms with Crippen LogP contribution in [0.3, 0.4) is 0 Å². The molecule has 0 heterocycles. The first-order chi connectivity index (χ1) is 4.76. The Bertz CT molecular complexity index is 176. The van der Waals surface area contributed by atoms with Crippen molar-refractivity contribution in [2.45, 2.75) is 33.8 Å². The van der Waals surface area contributed by atoms with E-state index in [0.717, 1.165) is 6.92 Å². The van der Waals surface area contributed by atoms with Crippen molar-refractivity contribution in [2.24, 2.45) is 5.41 Å². The fraction of sp³-hybridized carbons (Fsp3) is 0.750. The van der Waals surface area contributed by atoms with Crippen LogP contribution in [-0.4, -0.2) is 22.8 Å². The van der Waals surface area contributed by atoms with Gasteiger partial charge in [0.25, 0.3) is 0 Å². The zero-order valence-electron chi connectivity index (χ0n) is 7.34. The topological polar surface area (TPSA) is 54.4 Å². The third-order valence-electron chi connectivity index (χ3n) is 1.42. The lowest BCUT2D eigenvalue weighted by Gasteiger charge is -2.23. The van der Waals surface area contributed by atoms with E-state index in [4.69, 9.17) is 0 Å². The number of Topliss-reactive ketones (excluding diaryl/α,β-unsaturated/α-hetero) is 2. The molecule has 11 heavy (non-hydrogen) atoms. The normalized spacial score (nSPS) is 14.3. The van der Waals surface area contributed by atoms with Gasteiger partial charge in [0, 0.05) is 6.92 Å². The first-order valence-corrected chi connectivity index (χ1v) is 3.49. The number of aliphatic hydroxyl groups is 1. The predicted octanol–water partition coefficient (Wildman–Crippen LogP) is 0.551. The summed E-state index contributed by atoms with van der Waals surface area (Å²) in [4.78, 5) is 21.4. The Hall–Kier alpha value is -0.700. The zero-order chi connectivity index (χ0) is 9.23. The van der Waals surface area contributed by atoms with Gasteiger partial charge in [0.05, 0.1) is 0 Å². The molecule has 0 amide bonds. The van der Waals surface area contributed by atoms with E-state index < -0.39 is 23.1 Å². The minimum atomic E-state index is -1.18. The molecule has 0 rings (SSSR count). The number of hydrogen-bond acceptors (Lipinski definition) is 3. The molecule has 0 bridgehead atoms. The molecule has 1 N–H and O–H groups in total. The maximum atomic E-state index is 10.9. The first kappa shape index (κ1) is 10.3. The molecule has 3 heteroatoms. The largest absolute Gasteiger partial charge is 0.384 e. The molecule has 0 aromatic heterocycles. The second-order valence-corrected chi connectivity index (χ2v) is 3.69. The number of ketones is 2. The molecule has 3 nitrogen and oxygen atoms in total. The fourth-order valence-corrected chi connectivity index (χ4v) is 0.586. The highest BCUT2D eigenvalue weighted by molar-refractivity contribution is 6.38. The number of carbonyl (C=O) groups is 2. The quantitative estimate of drug-likeness (QED) is 0.597. The monoisotopic (exact) mass is 158 g/mol. The smallest absolute Gasteiger partial charge is 0.226 e. The van der Waals surface area contributed by atoms with Gasteiger partial charge in [-0.3, -0.25) is 9.59 Å². The lowest BCUT2D eigenvalue weighted by Crippen LogP contribution is -2.37. The maximum Gasteiger partial charge on any atom is 0.226 e. The molecular weight excluding hydrogens is 144 g/mol. The van der Waals surface area contributed by atoms with Gasteiger partial charge >= 0.3 is 0 Å². The van der Waals surface area contributed by atoms with Crippen molar-refractivity contribution in [2.75, 3.05) is 0 Å². The molecule has 0 aliphatic heterocycles. The molecule has 0 fully saturated rings. The van der Waals surface area contributed by atoms with E-state index in [1.54, 1.807) is 20.8 Å². The van der Waals surface area contributed by atoms with Gasteiger partial charge < -0.3 is 5.11 Å². The first-order valence-electron chi connectivity index (χ1n) is 3.49. The second kappa shape index (κ2) is 3.13. The highest BCUT2D eigenvalue weighted by Crippen LogP contribution is 2.19. The summed E-state index contributed by atoms with van der Waals surface area (Å²) in [5.74, 6) is -1.30. The van der Waals surface area contributed by atoms with E-state index in [9.17, 15) is 14.7 Å². The van der Waals surface area contributed by atoms with Crippen LogP contribution in [0.15, 0.2) is 0 Å². The van der Waals surface area contributed by atoms with Crippen molar-refractivity contribution in [3.05, 3.63) is 0 Å². The van der Waals surface area contributed by atoms with Crippen LogP contribution in [0.2, 0.25) is 0 Å². The Labute approximate surface area is 66.4 Å². The van der Waals surface area contributed by atoms with Crippen LogP contribution in [0.5, 0.6) is 0 Å². The Morgan fingerprint density at radius 2 is 1.64 bits per heavy atom. The molecule has 0 aromatic rings. The van der Waals surface area contributed by atoms with Crippen molar-refractivity contribution < 1.29 is 14.7 Å². The molecule has 64 valence electrons. The van der Waals surface area contributed by atoms with Crippen LogP contribution in [0.1, 0.15) is 27.7 Å². The average molecular weight is 158 g/mol. The van der Waals surface area contributed by atoms with E-state index in [0.29, 0.717) is 0 Å². The summed E-state index contributed by atoms with van der Waals surface area (Å²) >= 11 is 0. The second-order valence-electron chi connectivity index (χ2n) is 3.69. The third kappa shape index (κ3) is 2.80. The molecule has 0 saturated carbocycles. The lowest BCUT2D eigenvalue weighted by atomic mass is 9.86. The van der Waals surface area contributed by atoms with Crippen LogP contribution in [0.25, 0.3) is 0 Å². The van der Waals surface area contributed by atoms with Crippen LogP contribution in [0.4, 0.5) is 0 Å².